The summed E-state index contributed by atoms with van der Waals surface area (Å²) in [4.78, 5) is 11.5. The minimum atomic E-state index is -3.63. The Labute approximate surface area is 179 Å². The van der Waals surface area contributed by atoms with Crippen LogP contribution in [-0.4, -0.2) is 35.1 Å². The van der Waals surface area contributed by atoms with Crippen LogP contribution in [0.15, 0.2) is 47.4 Å². The van der Waals surface area contributed by atoms with Crippen LogP contribution in [0, 0.1) is 6.92 Å². The van der Waals surface area contributed by atoms with E-state index in [2.05, 4.69) is 10.1 Å². The minimum absolute atomic E-state index is 0.166. The number of esters is 1. The third-order valence-corrected chi connectivity index (χ3v) is 7.48. The monoisotopic (exact) mass is 430 g/mol. The van der Waals surface area contributed by atoms with Gasteiger partial charge in [-0.05, 0) is 49.1 Å². The Morgan fingerprint density at radius 1 is 1.03 bits per heavy atom. The fourth-order valence-electron chi connectivity index (χ4n) is 4.05. The van der Waals surface area contributed by atoms with Crippen molar-refractivity contribution < 1.29 is 17.9 Å². The van der Waals surface area contributed by atoms with Gasteiger partial charge in [-0.3, -0.25) is 9.10 Å². The molecule has 1 unspecified atom stereocenters. The molecule has 0 radical (unpaired) electrons. The van der Waals surface area contributed by atoms with Crippen molar-refractivity contribution in [1.82, 2.24) is 5.32 Å². The second-order valence-corrected chi connectivity index (χ2v) is 9.59. The maximum atomic E-state index is 13.3. The molecule has 1 aliphatic rings. The molecule has 0 saturated carbocycles. The number of nitrogens with one attached hydrogen (secondary N) is 1. The molecule has 0 amide bonds. The zero-order chi connectivity index (χ0) is 21.7. The maximum Gasteiger partial charge on any atom is 0.305 e. The molecule has 1 aliphatic heterocycles. The SMILES string of the molecule is COC(=O)CCCCCCNC1c2ccccc2S(=O)(=O)N(C)c2c(C)cccc21. The van der Waals surface area contributed by atoms with Crippen LogP contribution in [-0.2, 0) is 19.6 Å². The van der Waals surface area contributed by atoms with E-state index in [4.69, 9.17) is 0 Å². The fourth-order valence-corrected chi connectivity index (χ4v) is 5.57. The van der Waals surface area contributed by atoms with Gasteiger partial charge >= 0.3 is 5.97 Å². The molecule has 0 aliphatic carbocycles. The number of hydrogen-bond acceptors (Lipinski definition) is 5. The van der Waals surface area contributed by atoms with Crippen LogP contribution in [0.4, 0.5) is 5.69 Å². The molecule has 1 heterocycles. The molecule has 0 bridgehead atoms. The molecule has 3 rings (SSSR count). The van der Waals surface area contributed by atoms with E-state index >= 15 is 0 Å². The van der Waals surface area contributed by atoms with Gasteiger partial charge in [-0.25, -0.2) is 8.42 Å². The summed E-state index contributed by atoms with van der Waals surface area (Å²) >= 11 is 0. The lowest BCUT2D eigenvalue weighted by atomic mass is 9.95. The Morgan fingerprint density at radius 3 is 2.50 bits per heavy atom. The predicted octanol–water partition coefficient (Wildman–Crippen LogP) is 3.94. The van der Waals surface area contributed by atoms with Gasteiger partial charge in [0.1, 0.15) is 0 Å². The van der Waals surface area contributed by atoms with Crippen molar-refractivity contribution in [2.75, 3.05) is 25.0 Å². The topological polar surface area (TPSA) is 75.7 Å². The van der Waals surface area contributed by atoms with E-state index in [1.54, 1.807) is 19.2 Å². The highest BCUT2D eigenvalue weighted by molar-refractivity contribution is 7.92. The Kier molecular flexibility index (Phi) is 7.15. The van der Waals surface area contributed by atoms with Crippen LogP contribution < -0.4 is 9.62 Å². The first-order valence-electron chi connectivity index (χ1n) is 10.4. The molecule has 1 atom stereocenters. The molecular formula is C23H30N2O4S. The molecule has 6 nitrogen and oxygen atoms in total. The number of hydrogen-bond donors (Lipinski definition) is 1. The molecule has 162 valence electrons. The number of unbranched alkanes of at least 4 members (excludes halogenated alkanes) is 3. The summed E-state index contributed by atoms with van der Waals surface area (Å²) in [6.45, 7) is 2.70. The normalized spacial score (nSPS) is 17.0. The van der Waals surface area contributed by atoms with E-state index in [1.165, 1.54) is 11.4 Å². The highest BCUT2D eigenvalue weighted by atomic mass is 32.2. The summed E-state index contributed by atoms with van der Waals surface area (Å²) in [7, 11) is -0.592. The first kappa shape index (κ1) is 22.3. The van der Waals surface area contributed by atoms with Crippen LogP contribution in [0.25, 0.3) is 0 Å². The smallest absolute Gasteiger partial charge is 0.305 e. The largest absolute Gasteiger partial charge is 0.469 e. The maximum absolute atomic E-state index is 13.3. The number of methoxy groups -OCH3 is 1. The highest BCUT2D eigenvalue weighted by Gasteiger charge is 2.35. The Hall–Kier alpha value is -2.38. The van der Waals surface area contributed by atoms with E-state index in [0.717, 1.165) is 54.6 Å². The third kappa shape index (κ3) is 4.52. The standard InChI is InChI=1S/C23H30N2O4S/c1-17-11-10-13-19-22(24-16-9-5-4-6-15-21(26)29-3)18-12-7-8-14-20(18)30(27,28)25(2)23(17)19/h7-8,10-14,22,24H,4-6,9,15-16H2,1-3H3. The quantitative estimate of drug-likeness (QED) is 0.507. The van der Waals surface area contributed by atoms with Gasteiger partial charge in [0, 0.05) is 13.5 Å². The predicted molar refractivity (Wildman–Crippen MR) is 118 cm³/mol. The molecule has 0 spiro atoms. The third-order valence-electron chi connectivity index (χ3n) is 5.65. The Balaban J connectivity index is 1.80. The minimum Gasteiger partial charge on any atom is -0.469 e. The van der Waals surface area contributed by atoms with Gasteiger partial charge in [0.25, 0.3) is 10.0 Å². The first-order valence-corrected chi connectivity index (χ1v) is 11.8. The van der Waals surface area contributed by atoms with Crippen LogP contribution in [0.1, 0.15) is 54.8 Å². The van der Waals surface area contributed by atoms with Crippen molar-refractivity contribution in [2.24, 2.45) is 0 Å². The average Bonchev–Trinajstić information content (AvgIpc) is 2.81. The number of para-hydroxylation sites is 1. The van der Waals surface area contributed by atoms with Gasteiger partial charge in [0.05, 0.1) is 23.7 Å². The summed E-state index contributed by atoms with van der Waals surface area (Å²) in [5.74, 6) is -0.166. The number of anilines is 1. The van der Waals surface area contributed by atoms with E-state index < -0.39 is 10.0 Å². The van der Waals surface area contributed by atoms with Crippen LogP contribution in [0.2, 0.25) is 0 Å². The number of carbonyl (C=O) groups is 1. The zero-order valence-electron chi connectivity index (χ0n) is 17.8. The second-order valence-electron chi connectivity index (χ2n) is 7.65. The summed E-state index contributed by atoms with van der Waals surface area (Å²) in [6, 6.07) is 13.0. The number of nitrogens with zero attached hydrogens (tertiary/aromatic N) is 1. The van der Waals surface area contributed by atoms with E-state index in [-0.39, 0.29) is 12.0 Å². The van der Waals surface area contributed by atoms with Gasteiger partial charge in [0.2, 0.25) is 0 Å². The summed E-state index contributed by atoms with van der Waals surface area (Å²) in [5, 5.41) is 3.59. The molecule has 30 heavy (non-hydrogen) atoms. The number of carbonyl (C=O) groups excluding carboxylic acids is 1. The van der Waals surface area contributed by atoms with Crippen molar-refractivity contribution in [3.8, 4) is 0 Å². The molecule has 7 heteroatoms. The van der Waals surface area contributed by atoms with Crippen LogP contribution >= 0.6 is 0 Å². The molecule has 0 saturated heterocycles. The second kappa shape index (κ2) is 9.62. The van der Waals surface area contributed by atoms with E-state index in [1.807, 2.05) is 37.3 Å². The van der Waals surface area contributed by atoms with Crippen molar-refractivity contribution in [3.63, 3.8) is 0 Å². The van der Waals surface area contributed by atoms with Gasteiger partial charge < -0.3 is 10.1 Å². The molecule has 1 N–H and O–H groups in total. The number of rotatable bonds is 8. The number of benzene rings is 2. The van der Waals surface area contributed by atoms with Crippen LogP contribution in [0.3, 0.4) is 0 Å². The van der Waals surface area contributed by atoms with Crippen molar-refractivity contribution in [1.29, 1.82) is 0 Å². The zero-order valence-corrected chi connectivity index (χ0v) is 18.7. The molecular weight excluding hydrogens is 400 g/mol. The van der Waals surface area contributed by atoms with Gasteiger partial charge in [-0.1, -0.05) is 49.2 Å². The number of sulfonamides is 1. The number of ether oxygens (including phenoxy) is 1. The molecule has 0 aromatic heterocycles. The Bertz CT molecular complexity index is 1000. The first-order chi connectivity index (χ1) is 14.4. The lowest BCUT2D eigenvalue weighted by Crippen LogP contribution is -2.27. The van der Waals surface area contributed by atoms with Gasteiger partial charge in [-0.2, -0.15) is 0 Å². The molecule has 0 fully saturated rings. The Morgan fingerprint density at radius 2 is 1.73 bits per heavy atom. The van der Waals surface area contributed by atoms with E-state index in [9.17, 15) is 13.2 Å². The number of aryl methyl sites for hydroxylation is 1. The van der Waals surface area contributed by atoms with Crippen LogP contribution in [0.5, 0.6) is 0 Å². The highest BCUT2D eigenvalue weighted by Crippen LogP contribution is 2.41. The van der Waals surface area contributed by atoms with Crippen molar-refractivity contribution in [3.05, 3.63) is 59.2 Å². The average molecular weight is 431 g/mol. The molecule has 2 aromatic carbocycles. The summed E-state index contributed by atoms with van der Waals surface area (Å²) in [5.41, 5.74) is 3.42. The van der Waals surface area contributed by atoms with Crippen molar-refractivity contribution >= 4 is 21.7 Å². The van der Waals surface area contributed by atoms with Gasteiger partial charge in [0.15, 0.2) is 0 Å². The number of fused-ring (bicyclic) bond motifs is 2. The fraction of sp³-hybridized carbons (Fsp3) is 0.435. The van der Waals surface area contributed by atoms with Crippen molar-refractivity contribution in [2.45, 2.75) is 50.0 Å². The lowest BCUT2D eigenvalue weighted by Gasteiger charge is -2.24. The van der Waals surface area contributed by atoms with Gasteiger partial charge in [-0.15, -0.1) is 0 Å². The lowest BCUT2D eigenvalue weighted by molar-refractivity contribution is -0.140. The summed E-state index contributed by atoms with van der Waals surface area (Å²) in [6.07, 6.45) is 4.19. The summed E-state index contributed by atoms with van der Waals surface area (Å²) < 4.78 is 32.6. The van der Waals surface area contributed by atoms with E-state index in [0.29, 0.717) is 11.3 Å². The molecule has 2 aromatic rings.